The summed E-state index contributed by atoms with van der Waals surface area (Å²) in [6.45, 7) is 3.75. The zero-order valence-corrected chi connectivity index (χ0v) is 14.8. The topological polar surface area (TPSA) is 74.7 Å². The first-order chi connectivity index (χ1) is 11.3. The number of nitrogens with two attached hydrogens (primary N) is 1. The van der Waals surface area contributed by atoms with Crippen LogP contribution in [0.2, 0.25) is 5.02 Å². The van der Waals surface area contributed by atoms with Crippen LogP contribution in [0.4, 0.5) is 10.2 Å². The van der Waals surface area contributed by atoms with Gasteiger partial charge >= 0.3 is 0 Å². The molecule has 0 spiro atoms. The molecule has 24 heavy (non-hydrogen) atoms. The van der Waals surface area contributed by atoms with Gasteiger partial charge in [0.1, 0.15) is 17.7 Å². The van der Waals surface area contributed by atoms with Gasteiger partial charge in [-0.25, -0.2) is 9.37 Å². The standard InChI is InChI=1S/C17H16ClFN4S/c1-17(2,14-12(18)4-3-5-13(14)19)8-10-6-7-22-15(11(10)9-20)23-16(21)24/h3-7H,8H2,1-2H3,(H3,21,22,23,24). The third-order valence-corrected chi connectivity index (χ3v) is 4.08. The molecule has 2 rings (SSSR count). The number of nitriles is 1. The van der Waals surface area contributed by atoms with Crippen LogP contribution in [0.5, 0.6) is 0 Å². The number of pyridine rings is 1. The van der Waals surface area contributed by atoms with E-state index in [2.05, 4.69) is 16.4 Å². The average Bonchev–Trinajstić information content (AvgIpc) is 2.46. The maximum Gasteiger partial charge on any atom is 0.169 e. The molecule has 0 saturated heterocycles. The lowest BCUT2D eigenvalue weighted by Crippen LogP contribution is -2.24. The molecule has 0 unspecified atom stereocenters. The van der Waals surface area contributed by atoms with Gasteiger partial charge in [0.05, 0.1) is 5.56 Å². The summed E-state index contributed by atoms with van der Waals surface area (Å²) in [4.78, 5) is 4.09. The summed E-state index contributed by atoms with van der Waals surface area (Å²) in [7, 11) is 0. The van der Waals surface area contributed by atoms with E-state index >= 15 is 0 Å². The summed E-state index contributed by atoms with van der Waals surface area (Å²) in [5.41, 5.74) is 6.27. The summed E-state index contributed by atoms with van der Waals surface area (Å²) in [6.07, 6.45) is 1.95. The van der Waals surface area contributed by atoms with Gasteiger partial charge in [0.2, 0.25) is 0 Å². The zero-order chi connectivity index (χ0) is 17.9. The first-order valence-corrected chi connectivity index (χ1v) is 7.94. The molecular weight excluding hydrogens is 347 g/mol. The van der Waals surface area contributed by atoms with Crippen LogP contribution in [0, 0.1) is 17.1 Å². The Morgan fingerprint density at radius 3 is 2.75 bits per heavy atom. The largest absolute Gasteiger partial charge is 0.376 e. The number of rotatable bonds is 4. The fourth-order valence-electron chi connectivity index (χ4n) is 2.69. The molecule has 7 heteroatoms. The van der Waals surface area contributed by atoms with Gasteiger partial charge in [-0.3, -0.25) is 0 Å². The van der Waals surface area contributed by atoms with Crippen molar-refractivity contribution in [3.8, 4) is 6.07 Å². The molecule has 0 radical (unpaired) electrons. The second kappa shape index (κ2) is 7.12. The van der Waals surface area contributed by atoms with Gasteiger partial charge in [0, 0.05) is 16.8 Å². The van der Waals surface area contributed by atoms with Crippen LogP contribution in [0.25, 0.3) is 0 Å². The fraction of sp³-hybridized carbons (Fsp3) is 0.235. The molecular formula is C17H16ClFN4S. The van der Waals surface area contributed by atoms with Crippen molar-refractivity contribution in [2.45, 2.75) is 25.7 Å². The van der Waals surface area contributed by atoms with Crippen LogP contribution in [-0.2, 0) is 11.8 Å². The summed E-state index contributed by atoms with van der Waals surface area (Å²) < 4.78 is 14.3. The maximum absolute atomic E-state index is 14.3. The number of aromatic nitrogens is 1. The molecule has 124 valence electrons. The van der Waals surface area contributed by atoms with Crippen LogP contribution in [0.3, 0.4) is 0 Å². The van der Waals surface area contributed by atoms with Gasteiger partial charge in [0.25, 0.3) is 0 Å². The Labute approximate surface area is 150 Å². The van der Waals surface area contributed by atoms with Crippen molar-refractivity contribution in [1.29, 1.82) is 5.26 Å². The molecule has 1 heterocycles. The normalized spacial score (nSPS) is 11.0. The smallest absolute Gasteiger partial charge is 0.169 e. The van der Waals surface area contributed by atoms with Crippen LogP contribution >= 0.6 is 23.8 Å². The highest BCUT2D eigenvalue weighted by atomic mass is 35.5. The maximum atomic E-state index is 14.3. The van der Waals surface area contributed by atoms with E-state index in [1.54, 1.807) is 24.4 Å². The van der Waals surface area contributed by atoms with Gasteiger partial charge < -0.3 is 11.1 Å². The van der Waals surface area contributed by atoms with Gasteiger partial charge in [0.15, 0.2) is 5.11 Å². The molecule has 1 aromatic heterocycles. The van der Waals surface area contributed by atoms with E-state index in [0.717, 1.165) is 0 Å². The second-order valence-corrected chi connectivity index (χ2v) is 6.80. The third-order valence-electron chi connectivity index (χ3n) is 3.66. The van der Waals surface area contributed by atoms with Gasteiger partial charge in [-0.15, -0.1) is 0 Å². The Morgan fingerprint density at radius 1 is 1.46 bits per heavy atom. The fourth-order valence-corrected chi connectivity index (χ4v) is 3.21. The molecule has 0 saturated carbocycles. The molecule has 0 aliphatic rings. The minimum Gasteiger partial charge on any atom is -0.376 e. The zero-order valence-electron chi connectivity index (χ0n) is 13.2. The molecule has 3 N–H and O–H groups in total. The number of anilines is 1. The van der Waals surface area contributed by atoms with Crippen molar-refractivity contribution < 1.29 is 4.39 Å². The van der Waals surface area contributed by atoms with Crippen molar-refractivity contribution in [3.05, 3.63) is 58.0 Å². The predicted molar refractivity (Wildman–Crippen MR) is 97.5 cm³/mol. The van der Waals surface area contributed by atoms with Gasteiger partial charge in [-0.1, -0.05) is 31.5 Å². The van der Waals surface area contributed by atoms with Gasteiger partial charge in [-0.05, 0) is 47.8 Å². The molecule has 0 atom stereocenters. The van der Waals surface area contributed by atoms with E-state index in [0.29, 0.717) is 28.1 Å². The molecule has 0 fully saturated rings. The lowest BCUT2D eigenvalue weighted by atomic mass is 9.78. The number of thiocarbonyl (C=S) groups is 1. The Balaban J connectivity index is 2.47. The number of nitrogens with one attached hydrogen (secondary N) is 1. The summed E-state index contributed by atoms with van der Waals surface area (Å²) >= 11 is 11.0. The van der Waals surface area contributed by atoms with Crippen molar-refractivity contribution in [2.24, 2.45) is 5.73 Å². The highest BCUT2D eigenvalue weighted by molar-refractivity contribution is 7.80. The average molecular weight is 363 g/mol. The van der Waals surface area contributed by atoms with Crippen molar-refractivity contribution in [3.63, 3.8) is 0 Å². The van der Waals surface area contributed by atoms with Crippen LogP contribution in [-0.4, -0.2) is 10.1 Å². The number of hydrogen-bond acceptors (Lipinski definition) is 3. The molecule has 0 aliphatic heterocycles. The highest BCUT2D eigenvalue weighted by Gasteiger charge is 2.28. The molecule has 0 bridgehead atoms. The van der Waals surface area contributed by atoms with Crippen LogP contribution < -0.4 is 11.1 Å². The molecule has 0 aliphatic carbocycles. The quantitative estimate of drug-likeness (QED) is 0.806. The number of benzene rings is 1. The van der Waals surface area contributed by atoms with E-state index in [4.69, 9.17) is 29.6 Å². The Hall–Kier alpha value is -2.23. The summed E-state index contributed by atoms with van der Waals surface area (Å²) in [5, 5.41) is 12.5. The number of hydrogen-bond donors (Lipinski definition) is 2. The van der Waals surface area contributed by atoms with E-state index in [9.17, 15) is 9.65 Å². The van der Waals surface area contributed by atoms with E-state index in [1.807, 2.05) is 13.8 Å². The Kier molecular flexibility index (Phi) is 5.37. The van der Waals surface area contributed by atoms with Crippen LogP contribution in [0.15, 0.2) is 30.5 Å². The Morgan fingerprint density at radius 2 is 2.17 bits per heavy atom. The van der Waals surface area contributed by atoms with Crippen molar-refractivity contribution in [2.75, 3.05) is 5.32 Å². The second-order valence-electron chi connectivity index (χ2n) is 5.95. The molecule has 0 amide bonds. The monoisotopic (exact) mass is 362 g/mol. The van der Waals surface area contributed by atoms with E-state index in [1.165, 1.54) is 6.07 Å². The minimum absolute atomic E-state index is 0.0209. The molecule has 4 nitrogen and oxygen atoms in total. The Bertz CT molecular complexity index is 810. The van der Waals surface area contributed by atoms with Gasteiger partial charge in [-0.2, -0.15) is 5.26 Å². The van der Waals surface area contributed by atoms with E-state index < -0.39 is 5.41 Å². The summed E-state index contributed by atoms with van der Waals surface area (Å²) in [5.74, 6) is -0.0838. The lowest BCUT2D eigenvalue weighted by molar-refractivity contribution is 0.480. The lowest BCUT2D eigenvalue weighted by Gasteiger charge is -2.27. The SMILES string of the molecule is CC(C)(Cc1ccnc(NC(N)=S)c1C#N)c1c(F)cccc1Cl. The number of halogens is 2. The van der Waals surface area contributed by atoms with E-state index in [-0.39, 0.29) is 16.7 Å². The highest BCUT2D eigenvalue weighted by Crippen LogP contribution is 2.36. The number of nitrogens with zero attached hydrogens (tertiary/aromatic N) is 2. The predicted octanol–water partition coefficient (Wildman–Crippen LogP) is 3.92. The minimum atomic E-state index is -0.629. The van der Waals surface area contributed by atoms with Crippen molar-refractivity contribution >= 4 is 34.7 Å². The van der Waals surface area contributed by atoms with Crippen LogP contribution in [0.1, 0.15) is 30.5 Å². The van der Waals surface area contributed by atoms with Crippen molar-refractivity contribution in [1.82, 2.24) is 4.98 Å². The third kappa shape index (κ3) is 3.81. The first-order valence-electron chi connectivity index (χ1n) is 7.15. The molecule has 1 aromatic carbocycles. The summed E-state index contributed by atoms with van der Waals surface area (Å²) in [6, 6.07) is 8.42. The first kappa shape index (κ1) is 18.1. The molecule has 2 aromatic rings.